The van der Waals surface area contributed by atoms with E-state index in [1.807, 2.05) is 0 Å². The van der Waals surface area contributed by atoms with E-state index < -0.39 is 0 Å². The van der Waals surface area contributed by atoms with Crippen LogP contribution in [0.1, 0.15) is 0 Å². The Kier molecular flexibility index (Phi) is 978. The molecule has 0 aromatic carbocycles. The van der Waals surface area contributed by atoms with Crippen LogP contribution in [-0.2, 0) is 0 Å². The van der Waals surface area contributed by atoms with Gasteiger partial charge in [-0.25, -0.2) is 0 Å². The third-order valence-corrected chi connectivity index (χ3v) is 0. The smallest absolute Gasteiger partial charge is 0.870 e. The van der Waals surface area contributed by atoms with Crippen LogP contribution in [-0.4, -0.2) is 34.0 Å². The van der Waals surface area contributed by atoms with Crippen molar-refractivity contribution in [2.75, 3.05) is 0 Å². The summed E-state index contributed by atoms with van der Waals surface area (Å²) in [6, 6.07) is 0. The number of rotatable bonds is 0. The zero-order valence-electron chi connectivity index (χ0n) is 3.05. The average molecular weight is 149 g/mol. The maximum absolute atomic E-state index is 0. The van der Waals surface area contributed by atoms with Crippen LogP contribution in [0.3, 0.4) is 0 Å². The Bertz CT molecular complexity index is 6.85. The molecular weight excluding hydrogens is 144 g/mol. The van der Waals surface area contributed by atoms with Gasteiger partial charge < -0.3 is 16.4 Å². The molecule has 0 unspecified atom stereocenters. The molecule has 5 heteroatoms. The molecule has 0 fully saturated rings. The third-order valence-electron chi connectivity index (χ3n) is 0. The molecule has 28 valence electrons. The molecule has 5 heavy (non-hydrogen) atoms. The molecule has 0 spiro atoms. The predicted molar refractivity (Wildman–Crippen MR) is 14.4 cm³/mol. The van der Waals surface area contributed by atoms with Gasteiger partial charge in [0, 0.05) is 0 Å². The first kappa shape index (κ1) is 93.3. The molecule has 0 aliphatic heterocycles. The van der Waals surface area contributed by atoms with Crippen molar-refractivity contribution in [2.45, 2.75) is 0 Å². The van der Waals surface area contributed by atoms with Gasteiger partial charge in [0.15, 0.2) is 0 Å². The van der Waals surface area contributed by atoms with Gasteiger partial charge in [0.2, 0.25) is 0 Å². The van der Waals surface area contributed by atoms with Crippen molar-refractivity contribution in [1.29, 1.82) is 0 Å². The van der Waals surface area contributed by atoms with Gasteiger partial charge in [-0.2, -0.15) is 0 Å². The van der Waals surface area contributed by atoms with Crippen LogP contribution in [0.25, 0.3) is 0 Å². The molecule has 0 aromatic rings. The van der Waals surface area contributed by atoms with Crippen LogP contribution >= 0.6 is 0 Å². The average Bonchev–Trinajstić information content (AvgIpc) is 0. The van der Waals surface area contributed by atoms with Gasteiger partial charge in [-0.15, -0.1) is 0 Å². The maximum atomic E-state index is 0. The fourth-order valence-corrected chi connectivity index (χ4v) is 0. The summed E-state index contributed by atoms with van der Waals surface area (Å²) < 4.78 is 0. The second-order valence-corrected chi connectivity index (χ2v) is 0. The summed E-state index contributed by atoms with van der Waals surface area (Å²) in [5.74, 6) is 0. The van der Waals surface area contributed by atoms with Gasteiger partial charge >= 0.3 is 47.2 Å². The molecule has 0 saturated heterocycles. The SMILES string of the molecule is [GeH2+2].[Na+].[OH-].[OH-].[OH-]. The predicted octanol–water partition coefficient (Wildman–Crippen LogP) is -4.44. The van der Waals surface area contributed by atoms with E-state index in [0.29, 0.717) is 0 Å². The molecule has 0 atom stereocenters. The molecule has 0 aliphatic carbocycles. The van der Waals surface area contributed by atoms with E-state index in [1.165, 1.54) is 0 Å². The van der Waals surface area contributed by atoms with Crippen molar-refractivity contribution in [2.24, 2.45) is 0 Å². The Morgan fingerprint density at radius 2 is 0.600 bits per heavy atom. The van der Waals surface area contributed by atoms with Crippen LogP contribution in [0.15, 0.2) is 0 Å². The summed E-state index contributed by atoms with van der Waals surface area (Å²) in [5.41, 5.74) is 0. The molecule has 0 rings (SSSR count). The fraction of sp³-hybridized carbons (Fsp3) is 0. The minimum atomic E-state index is 0. The van der Waals surface area contributed by atoms with Crippen LogP contribution in [0.4, 0.5) is 0 Å². The second kappa shape index (κ2) is 52.4. The minimum Gasteiger partial charge on any atom is -0.870 e. The Morgan fingerprint density at radius 1 is 0.600 bits per heavy atom. The maximum Gasteiger partial charge on any atom is 1.00 e. The standard InChI is InChI=1S/GeH2.Na.3H2O/h1H2;;3*1H2/q+2;+1;;;/p-3. The van der Waals surface area contributed by atoms with Crippen molar-refractivity contribution in [3.05, 3.63) is 0 Å². The van der Waals surface area contributed by atoms with E-state index in [2.05, 4.69) is 0 Å². The van der Waals surface area contributed by atoms with Gasteiger partial charge in [-0.3, -0.25) is 0 Å². The van der Waals surface area contributed by atoms with Crippen molar-refractivity contribution in [1.82, 2.24) is 0 Å². The summed E-state index contributed by atoms with van der Waals surface area (Å²) in [6.07, 6.45) is 0. The molecule has 3 nitrogen and oxygen atoms in total. The quantitative estimate of drug-likeness (QED) is 0.325. The molecule has 0 radical (unpaired) electrons. The minimum absolute atomic E-state index is 0. The van der Waals surface area contributed by atoms with Gasteiger partial charge in [0.1, 0.15) is 0 Å². The van der Waals surface area contributed by atoms with Crippen LogP contribution in [0, 0.1) is 0 Å². The van der Waals surface area contributed by atoms with Crippen LogP contribution in [0.5, 0.6) is 0 Å². The van der Waals surface area contributed by atoms with E-state index in [1.54, 1.807) is 0 Å². The van der Waals surface area contributed by atoms with Gasteiger partial charge in [0.05, 0.1) is 0 Å². The van der Waals surface area contributed by atoms with Crippen molar-refractivity contribution in [3.63, 3.8) is 0 Å². The zero-order valence-corrected chi connectivity index (χ0v) is 8.02. The molecule has 3 N–H and O–H groups in total. The molecule has 0 heterocycles. The Hall–Kier alpha value is 1.42. The first-order valence-corrected chi connectivity index (χ1v) is 0. The zero-order chi connectivity index (χ0) is 0. The van der Waals surface area contributed by atoms with Gasteiger partial charge in [-0.05, 0) is 0 Å². The monoisotopic (exact) mass is 150 g/mol. The molecule has 0 amide bonds. The van der Waals surface area contributed by atoms with E-state index in [0.717, 1.165) is 0 Å². The molecule has 0 saturated carbocycles. The van der Waals surface area contributed by atoms with Crippen LogP contribution < -0.4 is 29.6 Å². The van der Waals surface area contributed by atoms with E-state index in [4.69, 9.17) is 0 Å². The summed E-state index contributed by atoms with van der Waals surface area (Å²) in [6.45, 7) is 0. The van der Waals surface area contributed by atoms with E-state index in [-0.39, 0.29) is 63.6 Å². The summed E-state index contributed by atoms with van der Waals surface area (Å²) in [4.78, 5) is 0. The Morgan fingerprint density at radius 3 is 0.600 bits per heavy atom. The van der Waals surface area contributed by atoms with Crippen molar-refractivity contribution in [3.8, 4) is 0 Å². The summed E-state index contributed by atoms with van der Waals surface area (Å²) >= 11 is 0. The summed E-state index contributed by atoms with van der Waals surface area (Å²) in [5, 5.41) is 0. The van der Waals surface area contributed by atoms with Gasteiger partial charge in [0.25, 0.3) is 0 Å². The summed E-state index contributed by atoms with van der Waals surface area (Å²) in [7, 11) is 0. The molecule has 0 aliphatic rings. The van der Waals surface area contributed by atoms with Gasteiger partial charge in [-0.1, -0.05) is 0 Å². The topological polar surface area (TPSA) is 90.0 Å². The van der Waals surface area contributed by atoms with E-state index in [9.17, 15) is 0 Å². The first-order valence-electron chi connectivity index (χ1n) is 0. The number of hydrogen-bond donors (Lipinski definition) is 0. The Balaban J connectivity index is 0. The van der Waals surface area contributed by atoms with Crippen LogP contribution in [0.2, 0.25) is 0 Å². The number of hydrogen-bond acceptors (Lipinski definition) is 3. The molecular formula is H5GeNaO3. The first-order chi connectivity index (χ1) is 0. The Labute approximate surface area is 63.3 Å². The molecule has 0 aromatic heterocycles. The van der Waals surface area contributed by atoms with Crippen molar-refractivity contribution < 1.29 is 46.0 Å². The molecule has 0 bridgehead atoms. The second-order valence-electron chi connectivity index (χ2n) is 0. The van der Waals surface area contributed by atoms with E-state index >= 15 is 0 Å². The fourth-order valence-electron chi connectivity index (χ4n) is 0. The van der Waals surface area contributed by atoms with Crippen molar-refractivity contribution >= 4 is 17.6 Å². The largest absolute Gasteiger partial charge is 1.00 e. The third kappa shape index (κ3) is 31.4. The normalized spacial score (nSPS) is 0.